The first-order valence-electron chi connectivity index (χ1n) is 8.35. The monoisotopic (exact) mass is 349 g/mol. The van der Waals surface area contributed by atoms with Gasteiger partial charge in [-0.3, -0.25) is 4.79 Å². The fourth-order valence-electron chi connectivity index (χ4n) is 2.57. The number of fused-ring (bicyclic) bond motifs is 1. The predicted molar refractivity (Wildman–Crippen MR) is 100 cm³/mol. The number of nitrogens with one attached hydrogen (secondary N) is 1. The van der Waals surface area contributed by atoms with E-state index in [9.17, 15) is 9.59 Å². The molecule has 26 heavy (non-hydrogen) atoms. The van der Waals surface area contributed by atoms with E-state index in [1.165, 1.54) is 0 Å². The van der Waals surface area contributed by atoms with Gasteiger partial charge in [-0.1, -0.05) is 36.4 Å². The Balaban J connectivity index is 1.59. The second-order valence-electron chi connectivity index (χ2n) is 5.61. The lowest BCUT2D eigenvalue weighted by molar-refractivity contribution is -0.118. The molecule has 0 aromatic heterocycles. The number of ether oxygens (including phenoxy) is 2. The van der Waals surface area contributed by atoms with Crippen LogP contribution in [0.5, 0.6) is 5.75 Å². The molecule has 0 saturated heterocycles. The third-order valence-corrected chi connectivity index (χ3v) is 3.79. The van der Waals surface area contributed by atoms with E-state index in [0.717, 1.165) is 10.8 Å². The van der Waals surface area contributed by atoms with Crippen molar-refractivity contribution in [2.24, 2.45) is 0 Å². The number of rotatable bonds is 6. The first kappa shape index (κ1) is 17.5. The Labute approximate surface area is 151 Å². The summed E-state index contributed by atoms with van der Waals surface area (Å²) < 4.78 is 10.6. The Hall–Kier alpha value is -3.34. The molecule has 0 aliphatic rings. The van der Waals surface area contributed by atoms with Gasteiger partial charge in [-0.25, -0.2) is 4.79 Å². The van der Waals surface area contributed by atoms with Crippen molar-refractivity contribution in [2.45, 2.75) is 6.92 Å². The highest BCUT2D eigenvalue weighted by Crippen LogP contribution is 2.25. The molecule has 0 bridgehead atoms. The van der Waals surface area contributed by atoms with E-state index < -0.39 is 0 Å². The van der Waals surface area contributed by atoms with Crippen molar-refractivity contribution in [2.75, 3.05) is 18.5 Å². The van der Waals surface area contributed by atoms with E-state index in [1.807, 2.05) is 42.5 Å². The van der Waals surface area contributed by atoms with Crippen LogP contribution in [0.15, 0.2) is 66.7 Å². The van der Waals surface area contributed by atoms with Crippen LogP contribution in [0.3, 0.4) is 0 Å². The molecule has 0 unspecified atom stereocenters. The van der Waals surface area contributed by atoms with E-state index in [0.29, 0.717) is 23.6 Å². The molecular weight excluding hydrogens is 330 g/mol. The lowest BCUT2D eigenvalue weighted by atomic mass is 10.1. The van der Waals surface area contributed by atoms with Gasteiger partial charge in [0, 0.05) is 11.1 Å². The van der Waals surface area contributed by atoms with Gasteiger partial charge in [-0.05, 0) is 42.6 Å². The Morgan fingerprint density at radius 2 is 1.65 bits per heavy atom. The molecule has 0 spiro atoms. The van der Waals surface area contributed by atoms with Crippen LogP contribution < -0.4 is 10.1 Å². The molecule has 0 saturated carbocycles. The smallest absolute Gasteiger partial charge is 0.338 e. The van der Waals surface area contributed by atoms with Gasteiger partial charge in [-0.2, -0.15) is 0 Å². The summed E-state index contributed by atoms with van der Waals surface area (Å²) in [5.41, 5.74) is 1.03. The number of esters is 1. The normalized spacial score (nSPS) is 10.3. The number of carbonyl (C=O) groups excluding carboxylic acids is 2. The Bertz CT molecular complexity index is 913. The molecule has 3 rings (SSSR count). The number of hydrogen-bond donors (Lipinski definition) is 1. The van der Waals surface area contributed by atoms with Crippen LogP contribution in [0.2, 0.25) is 0 Å². The van der Waals surface area contributed by atoms with Crippen LogP contribution in [-0.4, -0.2) is 25.1 Å². The van der Waals surface area contributed by atoms with Crippen LogP contribution in [0.1, 0.15) is 17.3 Å². The molecule has 0 fully saturated rings. The molecule has 0 heterocycles. The van der Waals surface area contributed by atoms with Gasteiger partial charge < -0.3 is 14.8 Å². The molecule has 3 aromatic carbocycles. The van der Waals surface area contributed by atoms with E-state index in [-0.39, 0.29) is 18.5 Å². The average molecular weight is 349 g/mol. The topological polar surface area (TPSA) is 64.6 Å². The molecule has 5 heteroatoms. The molecule has 0 aliphatic carbocycles. The SMILES string of the molecule is CCOC(=O)c1ccc(NC(=O)COc2cccc3ccccc23)cc1. The standard InChI is InChI=1S/C21H19NO4/c1-2-25-21(24)16-10-12-17(13-11-16)22-20(23)14-26-19-9-5-7-15-6-3-4-8-18(15)19/h3-13H,2,14H2,1H3,(H,22,23). The Morgan fingerprint density at radius 3 is 2.42 bits per heavy atom. The highest BCUT2D eigenvalue weighted by atomic mass is 16.5. The first-order chi connectivity index (χ1) is 12.7. The number of carbonyl (C=O) groups is 2. The number of amides is 1. The molecule has 1 N–H and O–H groups in total. The van der Waals surface area contributed by atoms with E-state index in [4.69, 9.17) is 9.47 Å². The van der Waals surface area contributed by atoms with Crippen molar-refractivity contribution in [3.8, 4) is 5.75 Å². The van der Waals surface area contributed by atoms with Gasteiger partial charge in [0.1, 0.15) is 5.75 Å². The summed E-state index contributed by atoms with van der Waals surface area (Å²) in [6, 6.07) is 20.1. The molecule has 0 atom stereocenters. The van der Waals surface area contributed by atoms with Gasteiger partial charge in [0.25, 0.3) is 5.91 Å². The summed E-state index contributed by atoms with van der Waals surface area (Å²) >= 11 is 0. The third-order valence-electron chi connectivity index (χ3n) is 3.79. The zero-order valence-electron chi connectivity index (χ0n) is 14.4. The molecule has 0 aliphatic heterocycles. The van der Waals surface area contributed by atoms with Crippen LogP contribution >= 0.6 is 0 Å². The van der Waals surface area contributed by atoms with Crippen LogP contribution in [-0.2, 0) is 9.53 Å². The minimum atomic E-state index is -0.385. The zero-order chi connectivity index (χ0) is 18.4. The van der Waals surface area contributed by atoms with Crippen molar-refractivity contribution in [1.82, 2.24) is 0 Å². The van der Waals surface area contributed by atoms with Crippen LogP contribution in [0.4, 0.5) is 5.69 Å². The fraction of sp³-hybridized carbons (Fsp3) is 0.143. The minimum Gasteiger partial charge on any atom is -0.483 e. The first-order valence-corrected chi connectivity index (χ1v) is 8.35. The lowest BCUT2D eigenvalue weighted by Crippen LogP contribution is -2.20. The van der Waals surface area contributed by atoms with Crippen LogP contribution in [0, 0.1) is 0 Å². The summed E-state index contributed by atoms with van der Waals surface area (Å²) in [7, 11) is 0. The largest absolute Gasteiger partial charge is 0.483 e. The molecule has 1 amide bonds. The average Bonchev–Trinajstić information content (AvgIpc) is 2.67. The van der Waals surface area contributed by atoms with Gasteiger partial charge in [-0.15, -0.1) is 0 Å². The van der Waals surface area contributed by atoms with Crippen molar-refractivity contribution in [3.63, 3.8) is 0 Å². The molecule has 5 nitrogen and oxygen atoms in total. The Morgan fingerprint density at radius 1 is 0.923 bits per heavy atom. The zero-order valence-corrected chi connectivity index (χ0v) is 14.4. The molecule has 3 aromatic rings. The summed E-state index contributed by atoms with van der Waals surface area (Å²) in [5, 5.41) is 4.76. The van der Waals surface area contributed by atoms with Crippen molar-refractivity contribution in [3.05, 3.63) is 72.3 Å². The maximum atomic E-state index is 12.1. The number of benzene rings is 3. The molecule has 0 radical (unpaired) electrons. The van der Waals surface area contributed by atoms with E-state index >= 15 is 0 Å². The Kier molecular flexibility index (Phi) is 5.49. The second kappa shape index (κ2) is 8.16. The second-order valence-corrected chi connectivity index (χ2v) is 5.61. The molecular formula is C21H19NO4. The van der Waals surface area contributed by atoms with Gasteiger partial charge in [0.15, 0.2) is 6.61 Å². The van der Waals surface area contributed by atoms with Crippen molar-refractivity contribution < 1.29 is 19.1 Å². The van der Waals surface area contributed by atoms with Crippen molar-refractivity contribution >= 4 is 28.3 Å². The summed E-state index contributed by atoms with van der Waals surface area (Å²) in [6.07, 6.45) is 0. The molecule has 132 valence electrons. The number of anilines is 1. The fourth-order valence-corrected chi connectivity index (χ4v) is 2.57. The summed E-state index contributed by atoms with van der Waals surface area (Å²) in [4.78, 5) is 23.7. The minimum absolute atomic E-state index is 0.104. The highest BCUT2D eigenvalue weighted by molar-refractivity contribution is 5.94. The van der Waals surface area contributed by atoms with Gasteiger partial charge in [0.2, 0.25) is 0 Å². The highest BCUT2D eigenvalue weighted by Gasteiger charge is 2.08. The van der Waals surface area contributed by atoms with Gasteiger partial charge in [0.05, 0.1) is 12.2 Å². The van der Waals surface area contributed by atoms with Crippen molar-refractivity contribution in [1.29, 1.82) is 0 Å². The maximum Gasteiger partial charge on any atom is 0.338 e. The van der Waals surface area contributed by atoms with Crippen LogP contribution in [0.25, 0.3) is 10.8 Å². The van der Waals surface area contributed by atoms with E-state index in [2.05, 4.69) is 5.32 Å². The number of hydrogen-bond acceptors (Lipinski definition) is 4. The third kappa shape index (κ3) is 4.19. The van der Waals surface area contributed by atoms with Gasteiger partial charge >= 0.3 is 5.97 Å². The van der Waals surface area contributed by atoms with E-state index in [1.54, 1.807) is 31.2 Å². The maximum absolute atomic E-state index is 12.1. The summed E-state index contributed by atoms with van der Waals surface area (Å²) in [6.45, 7) is 1.97. The predicted octanol–water partition coefficient (Wildman–Crippen LogP) is 4.03. The lowest BCUT2D eigenvalue weighted by Gasteiger charge is -2.10. The quantitative estimate of drug-likeness (QED) is 0.682. The summed E-state index contributed by atoms with van der Waals surface area (Å²) in [5.74, 6) is 0.00222.